The Morgan fingerprint density at radius 3 is 3.03 bits per heavy atom. The molecule has 0 saturated carbocycles. The molecule has 1 N–H and O–H groups in total. The van der Waals surface area contributed by atoms with Crippen LogP contribution in [0.5, 0.6) is 0 Å². The van der Waals surface area contributed by atoms with Crippen molar-refractivity contribution in [3.8, 4) is 0 Å². The third-order valence-electron chi connectivity index (χ3n) is 5.61. The fourth-order valence-corrected chi connectivity index (χ4v) is 4.35. The molecule has 0 bridgehead atoms. The van der Waals surface area contributed by atoms with Gasteiger partial charge in [-0.3, -0.25) is 4.79 Å². The molecule has 6 rings (SSSR count). The van der Waals surface area contributed by atoms with Crippen LogP contribution in [-0.4, -0.2) is 36.9 Å². The molecule has 1 atom stereocenters. The number of nitrogens with one attached hydrogen (secondary N) is 1. The number of halogens is 1. The lowest BCUT2D eigenvalue weighted by molar-refractivity contribution is 0.0675. The molecular formula is C22H16ClN5O2. The fourth-order valence-electron chi connectivity index (χ4n) is 4.20. The Balaban J connectivity index is 1.49. The zero-order chi connectivity index (χ0) is 20.2. The van der Waals surface area contributed by atoms with Crippen molar-refractivity contribution in [3.63, 3.8) is 0 Å². The molecule has 4 aromatic heterocycles. The Morgan fingerprint density at radius 1 is 1.23 bits per heavy atom. The molecule has 30 heavy (non-hydrogen) atoms. The van der Waals surface area contributed by atoms with Crippen LogP contribution in [0.2, 0.25) is 5.02 Å². The van der Waals surface area contributed by atoms with Gasteiger partial charge in [0.25, 0.3) is 5.91 Å². The van der Waals surface area contributed by atoms with Gasteiger partial charge in [-0.1, -0.05) is 29.8 Å². The van der Waals surface area contributed by atoms with Crippen LogP contribution in [0.4, 0.5) is 0 Å². The SMILES string of the molecule is O=C(c1cnn2ccc(Cl)cc12)N1CCc2[nH]cnc2C1c1cc2ccccc2o1. The second-order valence-corrected chi connectivity index (χ2v) is 7.77. The van der Waals surface area contributed by atoms with E-state index in [4.69, 9.17) is 16.0 Å². The molecule has 7 nitrogen and oxygen atoms in total. The number of aromatic amines is 1. The van der Waals surface area contributed by atoms with Gasteiger partial charge in [-0.2, -0.15) is 5.10 Å². The number of nitrogens with zero attached hydrogens (tertiary/aromatic N) is 4. The average Bonchev–Trinajstić information content (AvgIpc) is 3.49. The van der Waals surface area contributed by atoms with E-state index in [9.17, 15) is 4.79 Å². The number of H-pyrrole nitrogens is 1. The van der Waals surface area contributed by atoms with Crippen LogP contribution in [0.1, 0.15) is 33.5 Å². The lowest BCUT2D eigenvalue weighted by Gasteiger charge is -2.33. The molecule has 1 amide bonds. The molecule has 1 unspecified atom stereocenters. The minimum atomic E-state index is -0.422. The van der Waals surface area contributed by atoms with Crippen molar-refractivity contribution in [3.05, 3.63) is 88.9 Å². The van der Waals surface area contributed by atoms with Crippen molar-refractivity contribution >= 4 is 34.0 Å². The number of carbonyl (C=O) groups excluding carboxylic acids is 1. The third kappa shape index (κ3) is 2.55. The first kappa shape index (κ1) is 17.3. The van der Waals surface area contributed by atoms with E-state index in [0.29, 0.717) is 34.8 Å². The van der Waals surface area contributed by atoms with E-state index >= 15 is 0 Å². The Labute approximate surface area is 175 Å². The number of hydrogen-bond acceptors (Lipinski definition) is 4. The number of amides is 1. The van der Waals surface area contributed by atoms with Crippen molar-refractivity contribution in [2.45, 2.75) is 12.5 Å². The van der Waals surface area contributed by atoms with Crippen LogP contribution in [0.15, 0.2) is 65.6 Å². The van der Waals surface area contributed by atoms with Gasteiger partial charge in [-0.25, -0.2) is 9.50 Å². The smallest absolute Gasteiger partial charge is 0.258 e. The summed E-state index contributed by atoms with van der Waals surface area (Å²) in [6.45, 7) is 0.535. The van der Waals surface area contributed by atoms with Crippen molar-refractivity contribution in [2.75, 3.05) is 6.54 Å². The van der Waals surface area contributed by atoms with Crippen LogP contribution >= 0.6 is 11.6 Å². The summed E-state index contributed by atoms with van der Waals surface area (Å²) in [5, 5.41) is 5.85. The summed E-state index contributed by atoms with van der Waals surface area (Å²) in [5.41, 5.74) is 3.78. The lowest BCUT2D eigenvalue weighted by Crippen LogP contribution is -2.40. The van der Waals surface area contributed by atoms with E-state index in [1.54, 1.807) is 40.3 Å². The van der Waals surface area contributed by atoms with E-state index in [1.165, 1.54) is 0 Å². The normalized spacial score (nSPS) is 16.3. The predicted molar refractivity (Wildman–Crippen MR) is 112 cm³/mol. The molecular weight excluding hydrogens is 402 g/mol. The van der Waals surface area contributed by atoms with E-state index in [1.807, 2.05) is 30.3 Å². The van der Waals surface area contributed by atoms with E-state index in [0.717, 1.165) is 22.4 Å². The second-order valence-electron chi connectivity index (χ2n) is 7.34. The fraction of sp³-hybridized carbons (Fsp3) is 0.136. The highest BCUT2D eigenvalue weighted by atomic mass is 35.5. The molecule has 0 fully saturated rings. The van der Waals surface area contributed by atoms with Gasteiger partial charge in [0.15, 0.2) is 0 Å². The third-order valence-corrected chi connectivity index (χ3v) is 5.85. The van der Waals surface area contributed by atoms with E-state index < -0.39 is 6.04 Å². The maximum Gasteiger partial charge on any atom is 0.258 e. The summed E-state index contributed by atoms with van der Waals surface area (Å²) in [7, 11) is 0. The van der Waals surface area contributed by atoms with Gasteiger partial charge in [0.2, 0.25) is 0 Å². The molecule has 1 aliphatic heterocycles. The average molecular weight is 418 g/mol. The van der Waals surface area contributed by atoms with Gasteiger partial charge >= 0.3 is 0 Å². The highest BCUT2D eigenvalue weighted by molar-refractivity contribution is 6.31. The number of carbonyl (C=O) groups is 1. The first-order valence-corrected chi connectivity index (χ1v) is 10.0. The molecule has 1 aromatic carbocycles. The molecule has 1 aliphatic rings. The molecule has 0 radical (unpaired) electrons. The summed E-state index contributed by atoms with van der Waals surface area (Å²) in [6.07, 6.45) is 5.69. The summed E-state index contributed by atoms with van der Waals surface area (Å²) < 4.78 is 7.80. The van der Waals surface area contributed by atoms with Crippen LogP contribution in [0.25, 0.3) is 16.5 Å². The Morgan fingerprint density at radius 2 is 2.13 bits per heavy atom. The van der Waals surface area contributed by atoms with E-state index in [-0.39, 0.29) is 5.91 Å². The zero-order valence-electron chi connectivity index (χ0n) is 15.7. The topological polar surface area (TPSA) is 79.4 Å². The van der Waals surface area contributed by atoms with Crippen LogP contribution in [-0.2, 0) is 6.42 Å². The van der Waals surface area contributed by atoms with Crippen molar-refractivity contribution in [2.24, 2.45) is 0 Å². The lowest BCUT2D eigenvalue weighted by atomic mass is 9.99. The summed E-state index contributed by atoms with van der Waals surface area (Å²) in [5.74, 6) is 0.554. The number of aromatic nitrogens is 4. The molecule has 0 aliphatic carbocycles. The summed E-state index contributed by atoms with van der Waals surface area (Å²) in [6, 6.07) is 12.9. The van der Waals surface area contributed by atoms with Gasteiger partial charge in [0, 0.05) is 35.3 Å². The molecule has 148 valence electrons. The number of fused-ring (bicyclic) bond motifs is 3. The first-order valence-electron chi connectivity index (χ1n) is 9.63. The monoisotopic (exact) mass is 417 g/mol. The van der Waals surface area contributed by atoms with Gasteiger partial charge in [-0.15, -0.1) is 0 Å². The van der Waals surface area contributed by atoms with Crippen LogP contribution in [0, 0.1) is 0 Å². The molecule has 0 saturated heterocycles. The second kappa shape index (κ2) is 6.47. The quantitative estimate of drug-likeness (QED) is 0.465. The minimum absolute atomic E-state index is 0.133. The minimum Gasteiger partial charge on any atom is -0.458 e. The number of rotatable bonds is 2. The predicted octanol–water partition coefficient (Wildman–Crippen LogP) is 4.24. The maximum atomic E-state index is 13.7. The van der Waals surface area contributed by atoms with E-state index in [2.05, 4.69) is 15.1 Å². The molecule has 5 heterocycles. The molecule has 5 aromatic rings. The number of pyridine rings is 1. The molecule has 0 spiro atoms. The van der Waals surface area contributed by atoms with Crippen molar-refractivity contribution in [1.82, 2.24) is 24.5 Å². The number of hydrogen-bond donors (Lipinski definition) is 1. The highest BCUT2D eigenvalue weighted by Gasteiger charge is 2.37. The van der Waals surface area contributed by atoms with Crippen LogP contribution < -0.4 is 0 Å². The standard InChI is InChI=1S/C22H16ClN5O2/c23-14-5-8-28-17(10-14)15(11-26-28)22(29)27-7-6-16-20(25-12-24-16)21(27)19-9-13-3-1-2-4-18(13)30-19/h1-5,8-12,21H,6-7H2,(H,24,25). The summed E-state index contributed by atoms with van der Waals surface area (Å²) >= 11 is 6.16. The van der Waals surface area contributed by atoms with Gasteiger partial charge in [-0.05, 0) is 24.3 Å². The Bertz CT molecular complexity index is 1380. The van der Waals surface area contributed by atoms with Gasteiger partial charge < -0.3 is 14.3 Å². The largest absolute Gasteiger partial charge is 0.458 e. The Kier molecular flexibility index (Phi) is 3.73. The summed E-state index contributed by atoms with van der Waals surface area (Å²) in [4.78, 5) is 23.2. The van der Waals surface area contributed by atoms with Gasteiger partial charge in [0.1, 0.15) is 17.4 Å². The first-order chi connectivity index (χ1) is 14.7. The van der Waals surface area contributed by atoms with Gasteiger partial charge in [0.05, 0.1) is 29.3 Å². The number of imidazole rings is 1. The number of benzene rings is 1. The number of furan rings is 1. The molecule has 8 heteroatoms. The Hall–Kier alpha value is -3.58. The van der Waals surface area contributed by atoms with Crippen LogP contribution in [0.3, 0.4) is 0 Å². The van der Waals surface area contributed by atoms with Crippen molar-refractivity contribution in [1.29, 1.82) is 0 Å². The zero-order valence-corrected chi connectivity index (χ0v) is 16.5. The van der Waals surface area contributed by atoms with Crippen molar-refractivity contribution < 1.29 is 9.21 Å². The highest BCUT2D eigenvalue weighted by Crippen LogP contribution is 2.37. The number of para-hydroxylation sites is 1. The maximum absolute atomic E-state index is 13.7.